The first kappa shape index (κ1) is 15.6. The van der Waals surface area contributed by atoms with Crippen LogP contribution in [0.1, 0.15) is 39.2 Å². The number of ether oxygens (including phenoxy) is 1. The first-order valence-corrected chi connectivity index (χ1v) is 7.24. The maximum absolute atomic E-state index is 13.3. The molecule has 1 saturated carbocycles. The number of alkyl carbamates (subject to hydrolysis) is 1. The highest BCUT2D eigenvalue weighted by molar-refractivity contribution is 5.68. The molecule has 4 nitrogen and oxygen atoms in total. The van der Waals surface area contributed by atoms with Crippen molar-refractivity contribution in [3.63, 3.8) is 0 Å². The van der Waals surface area contributed by atoms with Crippen LogP contribution in [0.25, 0.3) is 0 Å². The summed E-state index contributed by atoms with van der Waals surface area (Å²) in [7, 11) is 0. The Bertz CT molecular complexity index is 499. The van der Waals surface area contributed by atoms with Crippen LogP contribution in [0.4, 0.5) is 14.9 Å². The van der Waals surface area contributed by atoms with Gasteiger partial charge in [0.1, 0.15) is 11.4 Å². The van der Waals surface area contributed by atoms with Crippen LogP contribution in [-0.2, 0) is 4.74 Å². The first-order valence-electron chi connectivity index (χ1n) is 7.24. The average molecular weight is 294 g/mol. The zero-order valence-electron chi connectivity index (χ0n) is 13.0. The number of hydrogen-bond acceptors (Lipinski definition) is 3. The Hall–Kier alpha value is -1.78. The molecule has 5 heteroatoms. The molecule has 116 valence electrons. The minimum absolute atomic E-state index is 0.118. The predicted octanol–water partition coefficient (Wildman–Crippen LogP) is 3.60. The van der Waals surface area contributed by atoms with Crippen LogP contribution in [-0.4, -0.2) is 23.8 Å². The maximum Gasteiger partial charge on any atom is 0.407 e. The largest absolute Gasteiger partial charge is 0.444 e. The van der Waals surface area contributed by atoms with Gasteiger partial charge in [-0.2, -0.15) is 0 Å². The highest BCUT2D eigenvalue weighted by atomic mass is 19.1. The number of anilines is 1. The molecule has 0 aromatic heterocycles. The molecular formula is C16H23FN2O2. The van der Waals surface area contributed by atoms with Crippen LogP contribution < -0.4 is 10.6 Å². The van der Waals surface area contributed by atoms with Gasteiger partial charge in [-0.05, 0) is 64.3 Å². The van der Waals surface area contributed by atoms with Gasteiger partial charge in [-0.3, -0.25) is 0 Å². The summed E-state index contributed by atoms with van der Waals surface area (Å²) in [6.07, 6.45) is 1.25. The Kier molecular flexibility index (Phi) is 4.40. The number of carbonyl (C=O) groups excluding carboxylic acids is 1. The molecule has 1 aromatic carbocycles. The van der Waals surface area contributed by atoms with Gasteiger partial charge in [-0.25, -0.2) is 9.18 Å². The summed E-state index contributed by atoms with van der Waals surface area (Å²) in [5, 5.41) is 6.12. The van der Waals surface area contributed by atoms with E-state index in [0.717, 1.165) is 24.1 Å². The van der Waals surface area contributed by atoms with Crippen LogP contribution in [0.3, 0.4) is 0 Å². The maximum atomic E-state index is 13.3. The highest BCUT2D eigenvalue weighted by Gasteiger charge is 2.31. The van der Waals surface area contributed by atoms with Crippen LogP contribution in [0.15, 0.2) is 18.2 Å². The van der Waals surface area contributed by atoms with Gasteiger partial charge in [0, 0.05) is 17.8 Å². The second-order valence-electron chi connectivity index (χ2n) is 6.67. The Morgan fingerprint density at radius 3 is 2.48 bits per heavy atom. The SMILES string of the molecule is Cc1cc(F)cc(NC2CC(NC(=O)OC(C)(C)C)C2)c1. The fraction of sp³-hybridized carbons (Fsp3) is 0.562. The van der Waals surface area contributed by atoms with E-state index in [-0.39, 0.29) is 24.0 Å². The second-order valence-corrected chi connectivity index (χ2v) is 6.67. The van der Waals surface area contributed by atoms with E-state index in [2.05, 4.69) is 10.6 Å². The fourth-order valence-electron chi connectivity index (χ4n) is 2.38. The van der Waals surface area contributed by atoms with Crippen molar-refractivity contribution in [1.29, 1.82) is 0 Å². The Balaban J connectivity index is 1.75. The second kappa shape index (κ2) is 5.92. The van der Waals surface area contributed by atoms with Crippen molar-refractivity contribution < 1.29 is 13.9 Å². The molecule has 0 saturated heterocycles. The third kappa shape index (κ3) is 4.92. The number of aryl methyl sites for hydroxylation is 1. The standard InChI is InChI=1S/C16H23FN2O2/c1-10-5-11(17)7-12(6-10)18-13-8-14(9-13)19-15(20)21-16(2,3)4/h5-7,13-14,18H,8-9H2,1-4H3,(H,19,20). The predicted molar refractivity (Wildman–Crippen MR) is 80.9 cm³/mol. The van der Waals surface area contributed by atoms with Gasteiger partial charge in [0.05, 0.1) is 0 Å². The quantitative estimate of drug-likeness (QED) is 0.895. The molecule has 0 bridgehead atoms. The van der Waals surface area contributed by atoms with Crippen molar-refractivity contribution >= 4 is 11.8 Å². The minimum atomic E-state index is -0.482. The third-order valence-corrected chi connectivity index (χ3v) is 3.27. The lowest BCUT2D eigenvalue weighted by molar-refractivity contribution is 0.0475. The summed E-state index contributed by atoms with van der Waals surface area (Å²) in [5.74, 6) is -0.236. The number of halogens is 1. The molecule has 1 aliphatic carbocycles. The lowest BCUT2D eigenvalue weighted by Crippen LogP contribution is -2.50. The van der Waals surface area contributed by atoms with Gasteiger partial charge in [0.2, 0.25) is 0 Å². The lowest BCUT2D eigenvalue weighted by atomic mass is 9.86. The van der Waals surface area contributed by atoms with Crippen molar-refractivity contribution in [2.45, 2.75) is 58.2 Å². The Morgan fingerprint density at radius 2 is 1.90 bits per heavy atom. The smallest absolute Gasteiger partial charge is 0.407 e. The summed E-state index contributed by atoms with van der Waals surface area (Å²) < 4.78 is 18.5. The van der Waals surface area contributed by atoms with Gasteiger partial charge in [0.25, 0.3) is 0 Å². The number of carbonyl (C=O) groups is 1. The van der Waals surface area contributed by atoms with Gasteiger partial charge < -0.3 is 15.4 Å². The summed E-state index contributed by atoms with van der Waals surface area (Å²) in [6, 6.07) is 5.27. The van der Waals surface area contributed by atoms with E-state index >= 15 is 0 Å². The number of benzene rings is 1. The number of amides is 1. The number of rotatable bonds is 3. The van der Waals surface area contributed by atoms with Gasteiger partial charge in [0.15, 0.2) is 0 Å². The van der Waals surface area contributed by atoms with Gasteiger partial charge >= 0.3 is 6.09 Å². The molecule has 21 heavy (non-hydrogen) atoms. The molecule has 0 unspecified atom stereocenters. The summed E-state index contributed by atoms with van der Waals surface area (Å²) in [5.41, 5.74) is 1.19. The molecule has 0 atom stereocenters. The highest BCUT2D eigenvalue weighted by Crippen LogP contribution is 2.25. The van der Waals surface area contributed by atoms with Gasteiger partial charge in [-0.1, -0.05) is 0 Å². The van der Waals surface area contributed by atoms with E-state index in [0.29, 0.717) is 0 Å². The van der Waals surface area contributed by atoms with E-state index in [4.69, 9.17) is 4.74 Å². The van der Waals surface area contributed by atoms with E-state index in [1.54, 1.807) is 0 Å². The van der Waals surface area contributed by atoms with Gasteiger partial charge in [-0.15, -0.1) is 0 Å². The minimum Gasteiger partial charge on any atom is -0.444 e. The molecule has 0 heterocycles. The average Bonchev–Trinajstić information content (AvgIpc) is 2.21. The molecule has 0 radical (unpaired) electrons. The van der Waals surface area contributed by atoms with Crippen molar-refractivity contribution in [2.75, 3.05) is 5.32 Å². The summed E-state index contributed by atoms with van der Waals surface area (Å²) >= 11 is 0. The van der Waals surface area contributed by atoms with Crippen LogP contribution in [0, 0.1) is 12.7 Å². The number of nitrogens with one attached hydrogen (secondary N) is 2. The third-order valence-electron chi connectivity index (χ3n) is 3.27. The first-order chi connectivity index (χ1) is 9.71. The molecule has 1 aliphatic rings. The Morgan fingerprint density at radius 1 is 1.24 bits per heavy atom. The zero-order chi connectivity index (χ0) is 15.6. The van der Waals surface area contributed by atoms with Crippen molar-refractivity contribution in [3.8, 4) is 0 Å². The molecule has 0 aliphatic heterocycles. The van der Waals surface area contributed by atoms with E-state index < -0.39 is 5.60 Å². The molecular weight excluding hydrogens is 271 g/mol. The monoisotopic (exact) mass is 294 g/mol. The molecule has 2 N–H and O–H groups in total. The van der Waals surface area contributed by atoms with Crippen molar-refractivity contribution in [3.05, 3.63) is 29.6 Å². The van der Waals surface area contributed by atoms with Crippen LogP contribution >= 0.6 is 0 Å². The zero-order valence-corrected chi connectivity index (χ0v) is 13.0. The van der Waals surface area contributed by atoms with E-state index in [1.807, 2.05) is 33.8 Å². The van der Waals surface area contributed by atoms with Crippen LogP contribution in [0.2, 0.25) is 0 Å². The summed E-state index contributed by atoms with van der Waals surface area (Å²) in [4.78, 5) is 11.6. The normalized spacial score (nSPS) is 21.4. The summed E-state index contributed by atoms with van der Waals surface area (Å²) in [6.45, 7) is 7.37. The molecule has 1 amide bonds. The van der Waals surface area contributed by atoms with E-state index in [9.17, 15) is 9.18 Å². The fourth-order valence-corrected chi connectivity index (χ4v) is 2.38. The molecule has 0 spiro atoms. The lowest BCUT2D eigenvalue weighted by Gasteiger charge is -2.37. The van der Waals surface area contributed by atoms with Crippen LogP contribution in [0.5, 0.6) is 0 Å². The Labute approximate surface area is 125 Å². The van der Waals surface area contributed by atoms with Crippen molar-refractivity contribution in [2.24, 2.45) is 0 Å². The number of hydrogen-bond donors (Lipinski definition) is 2. The molecule has 1 fully saturated rings. The molecule has 1 aromatic rings. The van der Waals surface area contributed by atoms with E-state index in [1.165, 1.54) is 12.1 Å². The molecule has 2 rings (SSSR count). The van der Waals surface area contributed by atoms with Crippen molar-refractivity contribution in [1.82, 2.24) is 5.32 Å². The topological polar surface area (TPSA) is 50.4 Å².